The van der Waals surface area contributed by atoms with Gasteiger partial charge in [0.25, 0.3) is 0 Å². The average Bonchev–Trinajstić information content (AvgIpc) is 3.80. The lowest BCUT2D eigenvalue weighted by atomic mass is 9.93. The SMILES string of the molecule is CCCN(Cc1ncc(-c2ccc3c(c2)OCc2cc(-c4cnc([C@@H]5CCCN5C(=O)OC(C)(C)C)[nH]4)ccc2-3)[nH]1)C(=O)OC(C)(C)C. The number of H-pyrrole nitrogens is 2. The number of carbonyl (C=O) groups is 2. The van der Waals surface area contributed by atoms with Crippen LogP contribution in [0.4, 0.5) is 9.59 Å². The van der Waals surface area contributed by atoms with Gasteiger partial charge in [-0.1, -0.05) is 25.1 Å². The van der Waals surface area contributed by atoms with Crippen molar-refractivity contribution in [3.05, 3.63) is 66.0 Å². The Morgan fingerprint density at radius 3 is 2.35 bits per heavy atom. The summed E-state index contributed by atoms with van der Waals surface area (Å²) in [7, 11) is 0. The van der Waals surface area contributed by atoms with Gasteiger partial charge in [-0.2, -0.15) is 0 Å². The molecule has 0 saturated carbocycles. The van der Waals surface area contributed by atoms with Gasteiger partial charge in [0.2, 0.25) is 0 Å². The third-order valence-electron chi connectivity index (χ3n) is 8.29. The van der Waals surface area contributed by atoms with Gasteiger partial charge in [-0.05, 0) is 95.7 Å². The number of nitrogens with zero attached hydrogens (tertiary/aromatic N) is 4. The van der Waals surface area contributed by atoms with Crippen LogP contribution in [0.15, 0.2) is 48.8 Å². The van der Waals surface area contributed by atoms with E-state index in [2.05, 4.69) is 50.3 Å². The van der Waals surface area contributed by atoms with E-state index in [0.717, 1.165) is 70.0 Å². The van der Waals surface area contributed by atoms with Crippen LogP contribution in [0.3, 0.4) is 0 Å². The number of carbonyl (C=O) groups excluding carboxylic acids is 2. The van der Waals surface area contributed by atoms with Crippen LogP contribution in [0.25, 0.3) is 33.6 Å². The Hall–Kier alpha value is -4.80. The number of ether oxygens (including phenoxy) is 3. The Morgan fingerprint density at radius 1 is 0.938 bits per heavy atom. The molecule has 2 aromatic carbocycles. The minimum atomic E-state index is -0.564. The first-order chi connectivity index (χ1) is 22.8. The zero-order chi connectivity index (χ0) is 34.2. The van der Waals surface area contributed by atoms with Gasteiger partial charge in [-0.3, -0.25) is 4.90 Å². The van der Waals surface area contributed by atoms with Gasteiger partial charge in [-0.15, -0.1) is 0 Å². The predicted molar refractivity (Wildman–Crippen MR) is 183 cm³/mol. The van der Waals surface area contributed by atoms with E-state index >= 15 is 0 Å². The van der Waals surface area contributed by atoms with Crippen molar-refractivity contribution in [2.75, 3.05) is 13.1 Å². The van der Waals surface area contributed by atoms with Crippen molar-refractivity contribution in [3.63, 3.8) is 0 Å². The number of aromatic nitrogens is 4. The normalized spacial score (nSPS) is 15.8. The van der Waals surface area contributed by atoms with Crippen molar-refractivity contribution in [1.82, 2.24) is 29.7 Å². The lowest BCUT2D eigenvalue weighted by molar-refractivity contribution is 0.0212. The highest BCUT2D eigenvalue weighted by Crippen LogP contribution is 2.41. The predicted octanol–water partition coefficient (Wildman–Crippen LogP) is 8.25. The van der Waals surface area contributed by atoms with Gasteiger partial charge in [-0.25, -0.2) is 19.6 Å². The molecule has 0 spiro atoms. The first-order valence-electron chi connectivity index (χ1n) is 16.7. The molecule has 254 valence electrons. The van der Waals surface area contributed by atoms with Crippen molar-refractivity contribution in [2.45, 2.75) is 98.1 Å². The van der Waals surface area contributed by atoms with Crippen LogP contribution >= 0.6 is 0 Å². The number of hydrogen-bond donors (Lipinski definition) is 2. The molecule has 2 amide bonds. The van der Waals surface area contributed by atoms with Crippen molar-refractivity contribution in [2.24, 2.45) is 0 Å². The molecular formula is C37H46N6O5. The second-order valence-corrected chi connectivity index (χ2v) is 14.5. The van der Waals surface area contributed by atoms with Gasteiger partial charge in [0.15, 0.2) is 0 Å². The Bertz CT molecular complexity index is 1800. The largest absolute Gasteiger partial charge is 0.488 e. The number of imidazole rings is 2. The van der Waals surface area contributed by atoms with Crippen LogP contribution < -0.4 is 4.74 Å². The lowest BCUT2D eigenvalue weighted by Crippen LogP contribution is -2.37. The van der Waals surface area contributed by atoms with Crippen molar-refractivity contribution >= 4 is 12.2 Å². The summed E-state index contributed by atoms with van der Waals surface area (Å²) in [6.07, 6.45) is 5.53. The molecule has 1 saturated heterocycles. The topological polar surface area (TPSA) is 126 Å². The van der Waals surface area contributed by atoms with Gasteiger partial charge in [0.05, 0.1) is 36.4 Å². The molecule has 2 aromatic heterocycles. The van der Waals surface area contributed by atoms with E-state index in [9.17, 15) is 9.59 Å². The molecule has 6 rings (SSSR count). The molecule has 2 aliphatic heterocycles. The summed E-state index contributed by atoms with van der Waals surface area (Å²) in [6.45, 7) is 15.3. The zero-order valence-electron chi connectivity index (χ0n) is 29.0. The minimum absolute atomic E-state index is 0.137. The summed E-state index contributed by atoms with van der Waals surface area (Å²) < 4.78 is 17.5. The molecular weight excluding hydrogens is 608 g/mol. The van der Waals surface area contributed by atoms with Crippen LogP contribution in [0.2, 0.25) is 0 Å². The standard InChI is InChI=1S/C37H46N6O5/c1-8-15-42(34(44)47-36(2,3)4)21-32-38-19-28(40-32)24-12-14-27-26-13-11-23(17-25(26)22-46-31(27)18-24)29-20-39-33(41-29)30-10-9-16-43(30)35(45)48-37(5,6)7/h11-14,17-20,30H,8-10,15-16,21-22H2,1-7H3,(H,38,40)(H,39,41)/t30-/m0/s1. The molecule has 11 nitrogen and oxygen atoms in total. The smallest absolute Gasteiger partial charge is 0.410 e. The summed E-state index contributed by atoms with van der Waals surface area (Å²) in [5.74, 6) is 2.26. The maximum Gasteiger partial charge on any atom is 0.410 e. The van der Waals surface area contributed by atoms with Gasteiger partial charge in [0, 0.05) is 24.2 Å². The molecule has 11 heteroatoms. The molecule has 2 N–H and O–H groups in total. The fraction of sp³-hybridized carbons (Fsp3) is 0.459. The first-order valence-corrected chi connectivity index (χ1v) is 16.7. The maximum atomic E-state index is 12.8. The minimum Gasteiger partial charge on any atom is -0.488 e. The second kappa shape index (κ2) is 13.0. The van der Waals surface area contributed by atoms with E-state index in [1.165, 1.54) is 0 Å². The molecule has 0 aliphatic carbocycles. The molecule has 0 radical (unpaired) electrons. The molecule has 0 unspecified atom stereocenters. The van der Waals surface area contributed by atoms with Gasteiger partial charge in [0.1, 0.15) is 35.2 Å². The third-order valence-corrected chi connectivity index (χ3v) is 8.29. The van der Waals surface area contributed by atoms with E-state index in [1.54, 1.807) is 16.0 Å². The molecule has 2 aliphatic rings. The number of benzene rings is 2. The molecule has 4 heterocycles. The van der Waals surface area contributed by atoms with Crippen LogP contribution in [-0.4, -0.2) is 66.2 Å². The van der Waals surface area contributed by atoms with E-state index in [4.69, 9.17) is 14.2 Å². The number of rotatable bonds is 7. The third kappa shape index (κ3) is 7.35. The Morgan fingerprint density at radius 2 is 1.62 bits per heavy atom. The fourth-order valence-electron chi connectivity index (χ4n) is 6.18. The van der Waals surface area contributed by atoms with E-state index in [-0.39, 0.29) is 18.2 Å². The summed E-state index contributed by atoms with van der Waals surface area (Å²) in [4.78, 5) is 45.1. The van der Waals surface area contributed by atoms with Crippen molar-refractivity contribution in [1.29, 1.82) is 0 Å². The molecule has 4 aromatic rings. The highest BCUT2D eigenvalue weighted by molar-refractivity contribution is 5.80. The van der Waals surface area contributed by atoms with Crippen molar-refractivity contribution < 1.29 is 23.8 Å². The van der Waals surface area contributed by atoms with E-state index in [1.807, 2.05) is 60.7 Å². The summed E-state index contributed by atoms with van der Waals surface area (Å²) >= 11 is 0. The Labute approximate surface area is 282 Å². The summed E-state index contributed by atoms with van der Waals surface area (Å²) in [5.41, 5.74) is 5.81. The lowest BCUT2D eigenvalue weighted by Gasteiger charge is -2.27. The quantitative estimate of drug-likeness (QED) is 0.206. The van der Waals surface area contributed by atoms with E-state index in [0.29, 0.717) is 32.1 Å². The number of nitrogens with one attached hydrogen (secondary N) is 2. The van der Waals surface area contributed by atoms with Gasteiger partial charge < -0.3 is 29.1 Å². The molecule has 1 atom stereocenters. The van der Waals surface area contributed by atoms with Crippen LogP contribution in [0.1, 0.15) is 91.0 Å². The molecule has 48 heavy (non-hydrogen) atoms. The summed E-state index contributed by atoms with van der Waals surface area (Å²) in [6, 6.07) is 12.4. The summed E-state index contributed by atoms with van der Waals surface area (Å²) in [5, 5.41) is 0. The first kappa shape index (κ1) is 33.1. The molecule has 0 bridgehead atoms. The maximum absolute atomic E-state index is 12.8. The zero-order valence-corrected chi connectivity index (χ0v) is 29.0. The fourth-order valence-corrected chi connectivity index (χ4v) is 6.18. The van der Waals surface area contributed by atoms with Crippen LogP contribution in [0.5, 0.6) is 5.75 Å². The van der Waals surface area contributed by atoms with E-state index < -0.39 is 11.2 Å². The highest BCUT2D eigenvalue weighted by Gasteiger charge is 2.35. The number of hydrogen-bond acceptors (Lipinski definition) is 7. The monoisotopic (exact) mass is 654 g/mol. The Balaban J connectivity index is 1.16. The number of fused-ring (bicyclic) bond motifs is 3. The Kier molecular flexibility index (Phi) is 8.98. The van der Waals surface area contributed by atoms with Crippen LogP contribution in [-0.2, 0) is 22.6 Å². The molecule has 1 fully saturated rings. The van der Waals surface area contributed by atoms with Gasteiger partial charge >= 0.3 is 12.2 Å². The number of amides is 2. The average molecular weight is 655 g/mol. The second-order valence-electron chi connectivity index (χ2n) is 14.5. The van der Waals surface area contributed by atoms with Crippen molar-refractivity contribution in [3.8, 4) is 39.4 Å². The van der Waals surface area contributed by atoms with Crippen LogP contribution in [0, 0.1) is 0 Å². The number of aromatic amines is 2. The number of likely N-dealkylation sites (tertiary alicyclic amines) is 1. The highest BCUT2D eigenvalue weighted by atomic mass is 16.6.